The third-order valence-corrected chi connectivity index (χ3v) is 3.82. The zero-order valence-corrected chi connectivity index (χ0v) is 13.8. The summed E-state index contributed by atoms with van der Waals surface area (Å²) in [6, 6.07) is 3.90. The second-order valence-electron chi connectivity index (χ2n) is 5.48. The number of benzene rings is 1. The Bertz CT molecular complexity index is 678. The third-order valence-electron chi connectivity index (χ3n) is 3.82. The largest absolute Gasteiger partial charge is 0.496 e. The van der Waals surface area contributed by atoms with Gasteiger partial charge in [-0.05, 0) is 45.4 Å². The van der Waals surface area contributed by atoms with Gasteiger partial charge in [0.25, 0.3) is 0 Å². The lowest BCUT2D eigenvalue weighted by Crippen LogP contribution is -2.27. The van der Waals surface area contributed by atoms with Crippen molar-refractivity contribution in [3.8, 4) is 5.75 Å². The smallest absolute Gasteiger partial charge is 0.220 e. The van der Waals surface area contributed by atoms with Gasteiger partial charge in [0.15, 0.2) is 0 Å². The maximum Gasteiger partial charge on any atom is 0.220 e. The van der Waals surface area contributed by atoms with Gasteiger partial charge in [0.05, 0.1) is 18.8 Å². The van der Waals surface area contributed by atoms with Crippen LogP contribution in [0.2, 0.25) is 0 Å². The molecule has 2 rings (SSSR count). The minimum atomic E-state index is -0.363. The van der Waals surface area contributed by atoms with Crippen LogP contribution in [0.3, 0.4) is 0 Å². The maximum atomic E-state index is 13.4. The average molecular weight is 320 g/mol. The van der Waals surface area contributed by atoms with Crippen molar-refractivity contribution in [1.29, 1.82) is 0 Å². The second kappa shape index (κ2) is 7.26. The number of aryl methyl sites for hydroxylation is 2. The number of nitrogens with one attached hydrogen (secondary N) is 1. The molecule has 0 radical (unpaired) electrons. The molecule has 1 aromatic heterocycles. The van der Waals surface area contributed by atoms with Crippen molar-refractivity contribution in [3.63, 3.8) is 0 Å². The summed E-state index contributed by atoms with van der Waals surface area (Å²) in [5.41, 5.74) is 2.37. The first-order valence-electron chi connectivity index (χ1n) is 7.47. The zero-order valence-electron chi connectivity index (χ0n) is 13.8. The number of hydrogen-bond donors (Lipinski definition) is 1. The predicted molar refractivity (Wildman–Crippen MR) is 83.8 cm³/mol. The summed E-state index contributed by atoms with van der Waals surface area (Å²) in [4.78, 5) is 12.1. The fourth-order valence-corrected chi connectivity index (χ4v) is 2.53. The molecule has 124 valence electrons. The molecule has 1 heterocycles. The molecule has 0 spiro atoms. The molecule has 0 saturated heterocycles. The lowest BCUT2D eigenvalue weighted by Gasteiger charge is -2.17. The maximum absolute atomic E-state index is 13.4. The van der Waals surface area contributed by atoms with Crippen molar-refractivity contribution in [3.05, 3.63) is 46.6 Å². The summed E-state index contributed by atoms with van der Waals surface area (Å²) in [7, 11) is 1.52. The minimum absolute atomic E-state index is 0.121. The van der Waals surface area contributed by atoms with Gasteiger partial charge < -0.3 is 14.6 Å². The highest BCUT2D eigenvalue weighted by Gasteiger charge is 2.16. The monoisotopic (exact) mass is 320 g/mol. The topological polar surface area (TPSA) is 64.4 Å². The molecule has 2 aromatic rings. The van der Waals surface area contributed by atoms with Crippen molar-refractivity contribution in [2.45, 2.75) is 39.7 Å². The molecule has 1 aromatic carbocycles. The van der Waals surface area contributed by atoms with Gasteiger partial charge in [-0.1, -0.05) is 5.16 Å². The SMILES string of the molecule is COc1ccc(F)cc1[C@@H](C)NC(=O)CCc1c(C)noc1C. The predicted octanol–water partition coefficient (Wildman–Crippen LogP) is 3.25. The van der Waals surface area contributed by atoms with E-state index in [2.05, 4.69) is 10.5 Å². The van der Waals surface area contributed by atoms with E-state index in [0.29, 0.717) is 24.2 Å². The van der Waals surface area contributed by atoms with Gasteiger partial charge in [-0.2, -0.15) is 0 Å². The number of rotatable bonds is 6. The van der Waals surface area contributed by atoms with Gasteiger partial charge in [0, 0.05) is 17.5 Å². The molecule has 0 unspecified atom stereocenters. The molecule has 0 aliphatic carbocycles. The van der Waals surface area contributed by atoms with Crippen molar-refractivity contribution in [2.24, 2.45) is 0 Å². The standard InChI is InChI=1S/C17H21FN2O3/c1-10(15-9-13(18)5-7-16(15)22-4)19-17(21)8-6-14-11(2)20-23-12(14)3/h5,7,9-10H,6,8H2,1-4H3,(H,19,21)/t10-/m1/s1. The van der Waals surface area contributed by atoms with Crippen LogP contribution >= 0.6 is 0 Å². The summed E-state index contributed by atoms with van der Waals surface area (Å²) >= 11 is 0. The van der Waals surface area contributed by atoms with E-state index in [1.807, 2.05) is 13.8 Å². The lowest BCUT2D eigenvalue weighted by molar-refractivity contribution is -0.121. The Morgan fingerprint density at radius 2 is 2.17 bits per heavy atom. The average Bonchev–Trinajstić information content (AvgIpc) is 2.83. The van der Waals surface area contributed by atoms with E-state index in [4.69, 9.17) is 9.26 Å². The van der Waals surface area contributed by atoms with Crippen molar-refractivity contribution >= 4 is 5.91 Å². The highest BCUT2D eigenvalue weighted by Crippen LogP contribution is 2.26. The molecule has 1 N–H and O–H groups in total. The number of carbonyl (C=O) groups is 1. The molecule has 0 fully saturated rings. The summed E-state index contributed by atoms with van der Waals surface area (Å²) in [5.74, 6) is 0.793. The van der Waals surface area contributed by atoms with E-state index in [1.165, 1.54) is 19.2 Å². The number of halogens is 1. The van der Waals surface area contributed by atoms with Crippen molar-refractivity contribution in [1.82, 2.24) is 10.5 Å². The van der Waals surface area contributed by atoms with E-state index < -0.39 is 0 Å². The van der Waals surface area contributed by atoms with Crippen LogP contribution in [0.1, 0.15) is 42.0 Å². The Labute approximate surface area is 134 Å². The molecular formula is C17H21FN2O3. The number of aromatic nitrogens is 1. The molecule has 6 heteroatoms. The number of hydrogen-bond acceptors (Lipinski definition) is 4. The third kappa shape index (κ3) is 4.09. The summed E-state index contributed by atoms with van der Waals surface area (Å²) in [6.07, 6.45) is 0.866. The second-order valence-corrected chi connectivity index (χ2v) is 5.48. The van der Waals surface area contributed by atoms with Crippen LogP contribution in [0.4, 0.5) is 4.39 Å². The fourth-order valence-electron chi connectivity index (χ4n) is 2.53. The molecule has 0 aliphatic heterocycles. The molecule has 23 heavy (non-hydrogen) atoms. The molecule has 1 amide bonds. The number of methoxy groups -OCH3 is 1. The lowest BCUT2D eigenvalue weighted by atomic mass is 10.1. The van der Waals surface area contributed by atoms with E-state index in [9.17, 15) is 9.18 Å². The molecule has 0 saturated carbocycles. The first-order chi connectivity index (χ1) is 10.9. The van der Waals surface area contributed by atoms with Crippen LogP contribution in [0.5, 0.6) is 5.75 Å². The molecule has 5 nitrogen and oxygen atoms in total. The van der Waals surface area contributed by atoms with Gasteiger partial charge in [-0.15, -0.1) is 0 Å². The van der Waals surface area contributed by atoms with Gasteiger partial charge in [0.2, 0.25) is 5.91 Å². The van der Waals surface area contributed by atoms with Crippen LogP contribution in [0, 0.1) is 19.7 Å². The van der Waals surface area contributed by atoms with Crippen LogP contribution in [0.15, 0.2) is 22.7 Å². The van der Waals surface area contributed by atoms with Crippen molar-refractivity contribution < 1.29 is 18.4 Å². The highest BCUT2D eigenvalue weighted by molar-refractivity contribution is 5.76. The Kier molecular flexibility index (Phi) is 5.36. The number of carbonyl (C=O) groups excluding carboxylic acids is 1. The normalized spacial score (nSPS) is 12.0. The van der Waals surface area contributed by atoms with Crippen LogP contribution in [0.25, 0.3) is 0 Å². The quantitative estimate of drug-likeness (QED) is 0.887. The fraction of sp³-hybridized carbons (Fsp3) is 0.412. The first kappa shape index (κ1) is 17.0. The molecule has 0 aliphatic rings. The first-order valence-corrected chi connectivity index (χ1v) is 7.47. The van der Waals surface area contributed by atoms with E-state index in [0.717, 1.165) is 17.0 Å². The highest BCUT2D eigenvalue weighted by atomic mass is 19.1. The molecule has 1 atom stereocenters. The Balaban J connectivity index is 1.99. The van der Waals surface area contributed by atoms with Crippen LogP contribution in [-0.4, -0.2) is 18.2 Å². The molecular weight excluding hydrogens is 299 g/mol. The zero-order chi connectivity index (χ0) is 17.0. The van der Waals surface area contributed by atoms with Crippen LogP contribution in [-0.2, 0) is 11.2 Å². The van der Waals surface area contributed by atoms with E-state index in [1.54, 1.807) is 13.0 Å². The summed E-state index contributed by atoms with van der Waals surface area (Å²) in [6.45, 7) is 5.47. The summed E-state index contributed by atoms with van der Waals surface area (Å²) < 4.78 is 23.7. The van der Waals surface area contributed by atoms with E-state index >= 15 is 0 Å². The number of amides is 1. The number of nitrogens with zero attached hydrogens (tertiary/aromatic N) is 1. The summed E-state index contributed by atoms with van der Waals surface area (Å²) in [5, 5.41) is 6.73. The Morgan fingerprint density at radius 3 is 2.78 bits per heavy atom. The van der Waals surface area contributed by atoms with Crippen molar-refractivity contribution in [2.75, 3.05) is 7.11 Å². The van der Waals surface area contributed by atoms with E-state index in [-0.39, 0.29) is 17.8 Å². The van der Waals surface area contributed by atoms with Crippen LogP contribution < -0.4 is 10.1 Å². The van der Waals surface area contributed by atoms with Gasteiger partial charge in [-0.3, -0.25) is 4.79 Å². The van der Waals surface area contributed by atoms with Gasteiger partial charge in [-0.25, -0.2) is 4.39 Å². The van der Waals surface area contributed by atoms with Gasteiger partial charge in [0.1, 0.15) is 17.3 Å². The van der Waals surface area contributed by atoms with Gasteiger partial charge >= 0.3 is 0 Å². The Morgan fingerprint density at radius 1 is 1.43 bits per heavy atom. The minimum Gasteiger partial charge on any atom is -0.496 e. The molecule has 0 bridgehead atoms. The number of ether oxygens (including phenoxy) is 1. The Hall–Kier alpha value is -2.37.